The molecule has 14 nitrogen and oxygen atoms in total. The van der Waals surface area contributed by atoms with Crippen molar-refractivity contribution in [1.29, 1.82) is 0 Å². The Labute approximate surface area is 197 Å². The smallest absolute Gasteiger partial charge is 0.326 e. The summed E-state index contributed by atoms with van der Waals surface area (Å²) < 4.78 is 0. The molecule has 0 aromatic carbocycles. The molecule has 0 aromatic rings. The van der Waals surface area contributed by atoms with E-state index in [4.69, 9.17) is 5.11 Å². The van der Waals surface area contributed by atoms with E-state index in [0.717, 1.165) is 0 Å². The van der Waals surface area contributed by atoms with Crippen molar-refractivity contribution in [3.8, 4) is 0 Å². The Morgan fingerprint density at radius 1 is 0.706 bits per heavy atom. The molecule has 0 aliphatic heterocycles. The second-order valence-electron chi connectivity index (χ2n) is 8.11. The highest BCUT2D eigenvalue weighted by Crippen LogP contribution is 2.05. The number of carboxylic acid groups (broad SMARTS) is 2. The normalized spacial score (nSPS) is 15.1. The van der Waals surface area contributed by atoms with E-state index in [1.165, 1.54) is 20.8 Å². The molecule has 5 atom stereocenters. The van der Waals surface area contributed by atoms with Crippen molar-refractivity contribution in [3.63, 3.8) is 0 Å². The molecule has 194 valence electrons. The summed E-state index contributed by atoms with van der Waals surface area (Å²) in [5.41, 5.74) is 7.23. The van der Waals surface area contributed by atoms with Crippen LogP contribution in [0.5, 0.6) is 0 Å². The molecule has 14 heteroatoms. The van der Waals surface area contributed by atoms with Gasteiger partial charge in [-0.3, -0.25) is 24.0 Å². The molecule has 0 rings (SSSR count). The molecule has 0 aliphatic carbocycles. The molecule has 0 aromatic heterocycles. The van der Waals surface area contributed by atoms with Crippen LogP contribution in [-0.2, 0) is 28.8 Å². The summed E-state index contributed by atoms with van der Waals surface area (Å²) in [5.74, 6) is -5.05. The van der Waals surface area contributed by atoms with Crippen molar-refractivity contribution in [2.45, 2.75) is 83.1 Å². The van der Waals surface area contributed by atoms with Crippen LogP contribution in [0.2, 0.25) is 0 Å². The fourth-order valence-electron chi connectivity index (χ4n) is 2.69. The zero-order valence-electron chi connectivity index (χ0n) is 19.9. The maximum Gasteiger partial charge on any atom is 0.326 e. The van der Waals surface area contributed by atoms with Gasteiger partial charge in [0.15, 0.2) is 6.04 Å². The SMILES string of the molecule is C[C@H]([NH3+])C(=O)N[C@H](CCC(=O)N[C@@H](CCCC[NH3+])C(=O)N[C@H](C)C(=O)N[C@H](C)C(=O)O)C(=O)O. The van der Waals surface area contributed by atoms with Crippen LogP contribution in [-0.4, -0.2) is 82.5 Å². The van der Waals surface area contributed by atoms with Gasteiger partial charge >= 0.3 is 11.9 Å². The first kappa shape index (κ1) is 30.7. The molecule has 0 bridgehead atoms. The number of aliphatic carboxylic acids is 2. The van der Waals surface area contributed by atoms with E-state index in [1.807, 2.05) is 0 Å². The van der Waals surface area contributed by atoms with E-state index in [9.17, 15) is 33.9 Å². The van der Waals surface area contributed by atoms with E-state index >= 15 is 0 Å². The van der Waals surface area contributed by atoms with Crippen LogP contribution >= 0.6 is 0 Å². The Morgan fingerprint density at radius 3 is 1.79 bits per heavy atom. The van der Waals surface area contributed by atoms with Gasteiger partial charge in [0.05, 0.1) is 6.54 Å². The number of carboxylic acids is 2. The Morgan fingerprint density at radius 2 is 1.29 bits per heavy atom. The summed E-state index contributed by atoms with van der Waals surface area (Å²) in [5, 5.41) is 27.7. The van der Waals surface area contributed by atoms with Crippen LogP contribution in [0.25, 0.3) is 0 Å². The number of hydrogen-bond acceptors (Lipinski definition) is 6. The molecular formula is C20H38N6O8+2. The molecule has 0 fully saturated rings. The minimum atomic E-state index is -1.30. The molecule has 0 aliphatic rings. The largest absolute Gasteiger partial charge is 0.480 e. The third-order valence-electron chi connectivity index (χ3n) is 4.85. The maximum atomic E-state index is 12.7. The Hall–Kier alpha value is -3.26. The van der Waals surface area contributed by atoms with Gasteiger partial charge in [-0.05, 0) is 46.5 Å². The van der Waals surface area contributed by atoms with Crippen LogP contribution in [0.3, 0.4) is 0 Å². The quantitative estimate of drug-likeness (QED) is 0.0987. The molecule has 0 spiro atoms. The first-order valence-corrected chi connectivity index (χ1v) is 11.1. The lowest BCUT2D eigenvalue weighted by molar-refractivity contribution is -0.398. The lowest BCUT2D eigenvalue weighted by Crippen LogP contribution is -2.67. The molecule has 0 saturated heterocycles. The molecule has 0 unspecified atom stereocenters. The number of amides is 4. The molecule has 34 heavy (non-hydrogen) atoms. The van der Waals surface area contributed by atoms with Crippen LogP contribution in [0.1, 0.15) is 52.9 Å². The number of carbonyl (C=O) groups is 6. The molecule has 0 saturated carbocycles. The zero-order chi connectivity index (χ0) is 26.4. The van der Waals surface area contributed by atoms with Gasteiger partial charge in [-0.15, -0.1) is 0 Å². The minimum Gasteiger partial charge on any atom is -0.480 e. The Bertz CT molecular complexity index is 745. The van der Waals surface area contributed by atoms with Crippen LogP contribution in [0, 0.1) is 0 Å². The van der Waals surface area contributed by atoms with Gasteiger partial charge in [0.2, 0.25) is 17.7 Å². The fourth-order valence-corrected chi connectivity index (χ4v) is 2.69. The lowest BCUT2D eigenvalue weighted by atomic mass is 10.1. The van der Waals surface area contributed by atoms with Gasteiger partial charge in [-0.2, -0.15) is 0 Å². The summed E-state index contributed by atoms with van der Waals surface area (Å²) in [6, 6.07) is -5.16. The van der Waals surface area contributed by atoms with Gasteiger partial charge < -0.3 is 42.9 Å². The van der Waals surface area contributed by atoms with E-state index < -0.39 is 65.8 Å². The number of hydrogen-bond donors (Lipinski definition) is 8. The third kappa shape index (κ3) is 12.1. The summed E-state index contributed by atoms with van der Waals surface area (Å²) in [7, 11) is 0. The summed E-state index contributed by atoms with van der Waals surface area (Å²) in [4.78, 5) is 71.2. The highest BCUT2D eigenvalue weighted by atomic mass is 16.4. The van der Waals surface area contributed by atoms with Crippen molar-refractivity contribution < 1.29 is 50.4 Å². The first-order chi connectivity index (χ1) is 15.8. The summed E-state index contributed by atoms with van der Waals surface area (Å²) in [6.07, 6.45) is 1.05. The molecular weight excluding hydrogens is 452 g/mol. The number of quaternary nitrogens is 2. The first-order valence-electron chi connectivity index (χ1n) is 11.1. The maximum absolute atomic E-state index is 12.7. The van der Waals surface area contributed by atoms with Crippen LogP contribution in [0.15, 0.2) is 0 Å². The summed E-state index contributed by atoms with van der Waals surface area (Å²) in [6.45, 7) is 4.78. The number of nitrogens with one attached hydrogen (secondary N) is 4. The lowest BCUT2D eigenvalue weighted by Gasteiger charge is -2.22. The van der Waals surface area contributed by atoms with Crippen molar-refractivity contribution in [2.24, 2.45) is 0 Å². The molecule has 12 N–H and O–H groups in total. The third-order valence-corrected chi connectivity index (χ3v) is 4.85. The van der Waals surface area contributed by atoms with Crippen molar-refractivity contribution in [3.05, 3.63) is 0 Å². The van der Waals surface area contributed by atoms with E-state index in [1.54, 1.807) is 0 Å². The van der Waals surface area contributed by atoms with Crippen molar-refractivity contribution >= 4 is 35.6 Å². The monoisotopic (exact) mass is 490 g/mol. The predicted octanol–water partition coefficient (Wildman–Crippen LogP) is -4.04. The Kier molecular flexibility index (Phi) is 14.1. The van der Waals surface area contributed by atoms with Gasteiger partial charge in [-0.1, -0.05) is 0 Å². The molecule has 0 heterocycles. The fraction of sp³-hybridized carbons (Fsp3) is 0.700. The topological polar surface area (TPSA) is 246 Å². The molecule has 0 radical (unpaired) electrons. The molecule has 4 amide bonds. The number of rotatable bonds is 16. The summed E-state index contributed by atoms with van der Waals surface area (Å²) >= 11 is 0. The Balaban J connectivity index is 5.05. The highest BCUT2D eigenvalue weighted by Gasteiger charge is 2.27. The van der Waals surface area contributed by atoms with Crippen molar-refractivity contribution in [2.75, 3.05) is 6.54 Å². The predicted molar refractivity (Wildman–Crippen MR) is 118 cm³/mol. The second-order valence-corrected chi connectivity index (χ2v) is 8.11. The zero-order valence-corrected chi connectivity index (χ0v) is 19.9. The minimum absolute atomic E-state index is 0.196. The van der Waals surface area contributed by atoms with Gasteiger partial charge in [0.1, 0.15) is 24.2 Å². The number of carbonyl (C=O) groups excluding carboxylic acids is 4. The second kappa shape index (κ2) is 15.6. The van der Waals surface area contributed by atoms with Crippen LogP contribution < -0.4 is 32.7 Å². The van der Waals surface area contributed by atoms with Crippen molar-refractivity contribution in [1.82, 2.24) is 21.3 Å². The van der Waals surface area contributed by atoms with E-state index in [2.05, 4.69) is 32.7 Å². The average molecular weight is 491 g/mol. The van der Waals surface area contributed by atoms with E-state index in [-0.39, 0.29) is 19.3 Å². The van der Waals surface area contributed by atoms with E-state index in [0.29, 0.717) is 19.4 Å². The van der Waals surface area contributed by atoms with Gasteiger partial charge in [0, 0.05) is 6.42 Å². The van der Waals surface area contributed by atoms with Gasteiger partial charge in [-0.25, -0.2) is 4.79 Å². The standard InChI is InChI=1S/C20H36N6O8/c1-10(22)16(28)26-14(20(33)34)7-8-15(27)25-13(6-4-5-9-21)18(30)23-11(2)17(29)24-12(3)19(31)32/h10-14H,4-9,21-22H2,1-3H3,(H,23,30)(H,24,29)(H,25,27)(H,26,28)(H,31,32)(H,33,34)/p+2/t10-,11+,12+,13-,14+/m0/s1. The highest BCUT2D eigenvalue weighted by molar-refractivity contribution is 5.93. The average Bonchev–Trinajstić information content (AvgIpc) is 2.74. The number of unbranched alkanes of at least 4 members (excludes halogenated alkanes) is 1. The van der Waals surface area contributed by atoms with Gasteiger partial charge in [0.25, 0.3) is 5.91 Å². The van der Waals surface area contributed by atoms with Crippen LogP contribution in [0.4, 0.5) is 0 Å².